The third-order valence-electron chi connectivity index (χ3n) is 6.07. The molecule has 1 aliphatic carbocycles. The largest absolute Gasteiger partial charge is 0.0533 e. The van der Waals surface area contributed by atoms with Gasteiger partial charge in [-0.25, -0.2) is 0 Å². The highest BCUT2D eigenvalue weighted by Crippen LogP contribution is 2.33. The van der Waals surface area contributed by atoms with E-state index in [0.717, 1.165) is 0 Å². The van der Waals surface area contributed by atoms with E-state index in [4.69, 9.17) is 0 Å². The van der Waals surface area contributed by atoms with Crippen LogP contribution in [0.4, 0.5) is 0 Å². The van der Waals surface area contributed by atoms with Crippen LogP contribution >= 0.6 is 31.9 Å². The molecule has 0 saturated heterocycles. The second kappa shape index (κ2) is 12.2. The van der Waals surface area contributed by atoms with E-state index in [9.17, 15) is 0 Å². The van der Waals surface area contributed by atoms with E-state index in [2.05, 4.69) is 68.3 Å². The molecule has 0 N–H and O–H groups in total. The normalized spacial score (nSPS) is 17.8. The number of fused-ring (bicyclic) bond motifs is 3. The molecule has 0 amide bonds. The first-order valence-electron chi connectivity index (χ1n) is 11.3. The zero-order valence-corrected chi connectivity index (χ0v) is 20.3. The van der Waals surface area contributed by atoms with Crippen LogP contribution in [0.5, 0.6) is 0 Å². The van der Waals surface area contributed by atoms with Crippen LogP contribution in [0, 0.1) is 0 Å². The number of hydrogen-bond donors (Lipinski definition) is 0. The summed E-state index contributed by atoms with van der Waals surface area (Å²) >= 11 is 7.40. The Morgan fingerprint density at radius 1 is 0.429 bits per heavy atom. The van der Waals surface area contributed by atoms with Crippen molar-refractivity contribution in [3.63, 3.8) is 0 Å². The van der Waals surface area contributed by atoms with Gasteiger partial charge in [-0.05, 0) is 72.2 Å². The van der Waals surface area contributed by atoms with Gasteiger partial charge in [0.15, 0.2) is 0 Å². The minimum absolute atomic E-state index is 1.18. The minimum atomic E-state index is 1.18. The van der Waals surface area contributed by atoms with Crippen molar-refractivity contribution in [1.82, 2.24) is 0 Å². The Bertz CT molecular complexity index is 672. The molecule has 0 saturated carbocycles. The fraction of sp³-hybridized carbons (Fsp3) is 0.538. The van der Waals surface area contributed by atoms with Crippen molar-refractivity contribution in [3.05, 3.63) is 56.5 Å². The summed E-state index contributed by atoms with van der Waals surface area (Å²) < 4.78 is 2.40. The second-order valence-electron chi connectivity index (χ2n) is 8.35. The van der Waals surface area contributed by atoms with Crippen molar-refractivity contribution in [2.45, 2.75) is 89.9 Å². The molecule has 2 aromatic rings. The summed E-state index contributed by atoms with van der Waals surface area (Å²) in [6, 6.07) is 13.8. The van der Waals surface area contributed by atoms with E-state index in [1.165, 1.54) is 121 Å². The number of aryl methyl sites for hydroxylation is 2. The Morgan fingerprint density at radius 2 is 0.750 bits per heavy atom. The molecule has 0 unspecified atom stereocenters. The monoisotopic (exact) mass is 504 g/mol. The van der Waals surface area contributed by atoms with Crippen molar-refractivity contribution in [2.24, 2.45) is 0 Å². The number of benzene rings is 2. The lowest BCUT2D eigenvalue weighted by Crippen LogP contribution is -1.97. The van der Waals surface area contributed by atoms with E-state index in [1.54, 1.807) is 0 Å². The Labute approximate surface area is 188 Å². The molecule has 2 aromatic carbocycles. The van der Waals surface area contributed by atoms with Gasteiger partial charge < -0.3 is 0 Å². The average Bonchev–Trinajstić information content (AvgIpc) is 2.68. The lowest BCUT2D eigenvalue weighted by Gasteiger charge is -2.16. The highest BCUT2D eigenvalue weighted by Gasteiger charge is 2.11. The topological polar surface area (TPSA) is 0 Å². The standard InChI is InChI=1S/C26H34Br2/c27-23-15-17-25-21(19-23)13-11-9-7-5-3-1-2-4-6-8-10-12-14-22-20-24(28)16-18-26(22)25/h15-20H,1-14H2. The van der Waals surface area contributed by atoms with Gasteiger partial charge in [-0.3, -0.25) is 0 Å². The predicted molar refractivity (Wildman–Crippen MR) is 130 cm³/mol. The van der Waals surface area contributed by atoms with Crippen molar-refractivity contribution in [1.29, 1.82) is 0 Å². The van der Waals surface area contributed by atoms with Gasteiger partial charge in [-0.2, -0.15) is 0 Å². The zero-order chi connectivity index (χ0) is 19.6. The average molecular weight is 506 g/mol. The first-order valence-corrected chi connectivity index (χ1v) is 12.9. The summed E-state index contributed by atoms with van der Waals surface area (Å²) in [7, 11) is 0. The fourth-order valence-electron chi connectivity index (χ4n) is 4.46. The molecular formula is C26H34Br2. The summed E-state index contributed by atoms with van der Waals surface area (Å²) in [5, 5.41) is 0. The molecule has 2 heteroatoms. The van der Waals surface area contributed by atoms with Crippen LogP contribution in [0.25, 0.3) is 11.1 Å². The Morgan fingerprint density at radius 3 is 1.11 bits per heavy atom. The summed E-state index contributed by atoms with van der Waals surface area (Å²) in [6.45, 7) is 0. The quantitative estimate of drug-likeness (QED) is 0.334. The van der Waals surface area contributed by atoms with E-state index in [0.29, 0.717) is 0 Å². The molecule has 152 valence electrons. The maximum atomic E-state index is 3.70. The van der Waals surface area contributed by atoms with Gasteiger partial charge in [0.2, 0.25) is 0 Å². The van der Waals surface area contributed by atoms with Crippen LogP contribution < -0.4 is 0 Å². The third kappa shape index (κ3) is 7.02. The molecule has 3 rings (SSSR count). The molecule has 28 heavy (non-hydrogen) atoms. The first-order chi connectivity index (χ1) is 13.7. The van der Waals surface area contributed by atoms with Gasteiger partial charge >= 0.3 is 0 Å². The summed E-state index contributed by atoms with van der Waals surface area (Å²) in [5.41, 5.74) is 5.87. The van der Waals surface area contributed by atoms with Crippen molar-refractivity contribution in [2.75, 3.05) is 0 Å². The molecule has 0 aromatic heterocycles. The van der Waals surface area contributed by atoms with Crippen molar-refractivity contribution < 1.29 is 0 Å². The SMILES string of the molecule is Brc1ccc2c(c1)CCCCCCCCCCCCCCc1cc(Br)ccc1-2. The molecule has 0 bridgehead atoms. The van der Waals surface area contributed by atoms with Gasteiger partial charge in [0.05, 0.1) is 0 Å². The molecule has 1 aliphatic rings. The maximum Gasteiger partial charge on any atom is 0.0178 e. The highest BCUT2D eigenvalue weighted by atomic mass is 79.9. The number of rotatable bonds is 0. The van der Waals surface area contributed by atoms with Gasteiger partial charge in [0.1, 0.15) is 0 Å². The number of halogens is 2. The van der Waals surface area contributed by atoms with E-state index in [1.807, 2.05) is 0 Å². The molecule has 0 fully saturated rings. The van der Waals surface area contributed by atoms with Crippen LogP contribution in [0.15, 0.2) is 45.3 Å². The van der Waals surface area contributed by atoms with Crippen LogP contribution in [-0.2, 0) is 12.8 Å². The first kappa shape index (κ1) is 22.1. The maximum absolute atomic E-state index is 3.70. The van der Waals surface area contributed by atoms with Gasteiger partial charge in [-0.15, -0.1) is 0 Å². The van der Waals surface area contributed by atoms with Gasteiger partial charge in [0.25, 0.3) is 0 Å². The van der Waals surface area contributed by atoms with Gasteiger partial charge in [0, 0.05) is 8.95 Å². The van der Waals surface area contributed by atoms with Crippen molar-refractivity contribution >= 4 is 31.9 Å². The van der Waals surface area contributed by atoms with Crippen LogP contribution in [0.2, 0.25) is 0 Å². The molecule has 0 aliphatic heterocycles. The van der Waals surface area contributed by atoms with E-state index < -0.39 is 0 Å². The third-order valence-corrected chi connectivity index (χ3v) is 7.05. The lowest BCUT2D eigenvalue weighted by atomic mass is 9.90. The second-order valence-corrected chi connectivity index (χ2v) is 10.2. The zero-order valence-electron chi connectivity index (χ0n) is 17.1. The fourth-order valence-corrected chi connectivity index (χ4v) is 5.28. The number of hydrogen-bond acceptors (Lipinski definition) is 0. The van der Waals surface area contributed by atoms with E-state index in [-0.39, 0.29) is 0 Å². The Hall–Kier alpha value is -0.600. The van der Waals surface area contributed by atoms with Crippen LogP contribution in [0.3, 0.4) is 0 Å². The van der Waals surface area contributed by atoms with E-state index >= 15 is 0 Å². The smallest absolute Gasteiger partial charge is 0.0178 e. The molecule has 0 spiro atoms. The Balaban J connectivity index is 1.82. The molecular weight excluding hydrogens is 472 g/mol. The molecule has 0 radical (unpaired) electrons. The lowest BCUT2D eigenvalue weighted by molar-refractivity contribution is 0.540. The van der Waals surface area contributed by atoms with Crippen LogP contribution in [0.1, 0.15) is 88.2 Å². The molecule has 0 nitrogen and oxygen atoms in total. The Kier molecular flexibility index (Phi) is 9.61. The van der Waals surface area contributed by atoms with Gasteiger partial charge in [-0.1, -0.05) is 108 Å². The predicted octanol–water partition coefficient (Wildman–Crippen LogP) is 9.66. The molecule has 0 atom stereocenters. The molecule has 0 heterocycles. The summed E-state index contributed by atoms with van der Waals surface area (Å²) in [6.07, 6.45) is 19.1. The van der Waals surface area contributed by atoms with Crippen LogP contribution in [-0.4, -0.2) is 0 Å². The summed E-state index contributed by atoms with van der Waals surface area (Å²) in [5.74, 6) is 0. The minimum Gasteiger partial charge on any atom is -0.0533 e. The summed E-state index contributed by atoms with van der Waals surface area (Å²) in [4.78, 5) is 0. The van der Waals surface area contributed by atoms with Crippen molar-refractivity contribution in [3.8, 4) is 11.1 Å². The highest BCUT2D eigenvalue weighted by molar-refractivity contribution is 9.10.